The summed E-state index contributed by atoms with van der Waals surface area (Å²) in [4.78, 5) is 15.3. The number of alkyl halides is 1. The van der Waals surface area contributed by atoms with Gasteiger partial charge in [-0.05, 0) is 19.9 Å². The smallest absolute Gasteiger partial charge is 0.351 e. The van der Waals surface area contributed by atoms with Gasteiger partial charge in [0.05, 0.1) is 6.10 Å². The van der Waals surface area contributed by atoms with Crippen molar-refractivity contribution in [2.45, 2.75) is 44.1 Å². The topological polar surface area (TPSA) is 111 Å². The molecule has 1 unspecified atom stereocenters. The lowest BCUT2D eigenvalue weighted by Gasteiger charge is -2.24. The molecule has 114 valence electrons. The van der Waals surface area contributed by atoms with E-state index in [1.807, 2.05) is 0 Å². The van der Waals surface area contributed by atoms with Gasteiger partial charge in [0.1, 0.15) is 18.0 Å². The van der Waals surface area contributed by atoms with Crippen molar-refractivity contribution in [1.29, 1.82) is 0 Å². The first-order valence-corrected chi connectivity index (χ1v) is 6.30. The van der Waals surface area contributed by atoms with Gasteiger partial charge in [-0.1, -0.05) is 5.92 Å². The number of nitrogen functional groups attached to an aromatic ring is 1. The zero-order valence-electron chi connectivity index (χ0n) is 11.5. The molecule has 4 N–H and O–H groups in total. The second kappa shape index (κ2) is 5.44. The molecule has 0 amide bonds. The summed E-state index contributed by atoms with van der Waals surface area (Å²) >= 11 is 0. The first-order valence-electron chi connectivity index (χ1n) is 6.30. The monoisotopic (exact) mass is 297 g/mol. The number of nitrogens with two attached hydrogens (primary N) is 1. The van der Waals surface area contributed by atoms with Crippen molar-refractivity contribution in [2.75, 3.05) is 5.73 Å². The minimum Gasteiger partial charge on any atom is -0.391 e. The predicted octanol–water partition coefficient (Wildman–Crippen LogP) is -0.804. The first kappa shape index (κ1) is 15.4. The highest BCUT2D eigenvalue weighted by atomic mass is 19.1. The molecule has 0 spiro atoms. The van der Waals surface area contributed by atoms with Crippen molar-refractivity contribution >= 4 is 5.82 Å². The minimum atomic E-state index is -2.54. The first-order chi connectivity index (χ1) is 9.81. The fraction of sp³-hybridized carbons (Fsp3) is 0.538. The number of aliphatic hydroxyl groups is 2. The van der Waals surface area contributed by atoms with Gasteiger partial charge in [-0.2, -0.15) is 4.98 Å². The molecular weight excluding hydrogens is 281 g/mol. The Bertz CT molecular complexity index is 651. The Balaban J connectivity index is 2.54. The van der Waals surface area contributed by atoms with E-state index in [4.69, 9.17) is 10.5 Å². The lowest BCUT2D eigenvalue weighted by atomic mass is 9.94. The van der Waals surface area contributed by atoms with E-state index in [0.29, 0.717) is 0 Å². The van der Waals surface area contributed by atoms with Crippen molar-refractivity contribution in [1.82, 2.24) is 9.55 Å². The Morgan fingerprint density at radius 3 is 2.86 bits per heavy atom. The summed E-state index contributed by atoms with van der Waals surface area (Å²) in [5.74, 6) is 4.57. The molecule has 2 rings (SSSR count). The fourth-order valence-electron chi connectivity index (χ4n) is 2.28. The van der Waals surface area contributed by atoms with E-state index >= 15 is 4.39 Å². The molecule has 7 nitrogen and oxygen atoms in total. The van der Waals surface area contributed by atoms with Crippen molar-refractivity contribution in [3.63, 3.8) is 0 Å². The number of anilines is 1. The van der Waals surface area contributed by atoms with Crippen LogP contribution in [0.5, 0.6) is 0 Å². The van der Waals surface area contributed by atoms with E-state index in [0.717, 1.165) is 4.57 Å². The van der Waals surface area contributed by atoms with Gasteiger partial charge in [0.25, 0.3) is 0 Å². The third-order valence-electron chi connectivity index (χ3n) is 3.28. The molecule has 1 aromatic heterocycles. The third-order valence-corrected chi connectivity index (χ3v) is 3.28. The van der Waals surface area contributed by atoms with Gasteiger partial charge in [0.15, 0.2) is 6.23 Å². The minimum absolute atomic E-state index is 0.0205. The number of hydrogen-bond donors (Lipinski definition) is 3. The normalized spacial score (nSPS) is 33.3. The molecule has 1 aromatic rings. The summed E-state index contributed by atoms with van der Waals surface area (Å²) in [6.07, 6.45) is -4.39. The Labute approximate surface area is 120 Å². The predicted molar refractivity (Wildman–Crippen MR) is 71.8 cm³/mol. The Morgan fingerprint density at radius 1 is 1.67 bits per heavy atom. The number of nitrogens with zero attached hydrogens (tertiary/aromatic N) is 2. The molecule has 5 atom stereocenters. The van der Waals surface area contributed by atoms with E-state index in [9.17, 15) is 15.0 Å². The van der Waals surface area contributed by atoms with Crippen molar-refractivity contribution in [2.24, 2.45) is 0 Å². The van der Waals surface area contributed by atoms with Crippen LogP contribution in [0.4, 0.5) is 10.2 Å². The molecule has 0 saturated carbocycles. The van der Waals surface area contributed by atoms with E-state index in [1.54, 1.807) is 0 Å². The molecule has 0 aromatic carbocycles. The van der Waals surface area contributed by atoms with Crippen LogP contribution in [0.25, 0.3) is 0 Å². The van der Waals surface area contributed by atoms with Gasteiger partial charge in [-0.25, -0.2) is 9.18 Å². The number of rotatable bonds is 2. The van der Waals surface area contributed by atoms with E-state index in [-0.39, 0.29) is 5.82 Å². The van der Waals surface area contributed by atoms with Crippen molar-refractivity contribution in [3.05, 3.63) is 22.7 Å². The van der Waals surface area contributed by atoms with Crippen LogP contribution < -0.4 is 11.4 Å². The molecular formula is C13H16FN3O4. The molecule has 1 aliphatic heterocycles. The van der Waals surface area contributed by atoms with Crippen LogP contribution in [0.1, 0.15) is 20.1 Å². The second-order valence-electron chi connectivity index (χ2n) is 4.82. The maximum atomic E-state index is 15.1. The number of ether oxygens (including phenoxy) is 1. The zero-order chi connectivity index (χ0) is 15.8. The Morgan fingerprint density at radius 2 is 2.33 bits per heavy atom. The van der Waals surface area contributed by atoms with Gasteiger partial charge in [-0.3, -0.25) is 4.57 Å². The molecule has 8 heteroatoms. The van der Waals surface area contributed by atoms with Crippen LogP contribution >= 0.6 is 0 Å². The lowest BCUT2D eigenvalue weighted by molar-refractivity contribution is -0.0802. The molecule has 0 aliphatic carbocycles. The van der Waals surface area contributed by atoms with Crippen LogP contribution in [0, 0.1) is 11.8 Å². The summed E-state index contributed by atoms with van der Waals surface area (Å²) in [6.45, 7) is 2.74. The van der Waals surface area contributed by atoms with Crippen LogP contribution in [-0.2, 0) is 4.74 Å². The molecule has 2 heterocycles. The molecule has 0 radical (unpaired) electrons. The van der Waals surface area contributed by atoms with Crippen LogP contribution in [0.3, 0.4) is 0 Å². The summed E-state index contributed by atoms with van der Waals surface area (Å²) in [5, 5.41) is 19.6. The second-order valence-corrected chi connectivity index (χ2v) is 4.82. The SMILES string of the molecule is CC#CC1(F)[C@@H](O)[C@@H]([C@@H](C)O)O[C@H]1n1ccc(N)nc1=O. The maximum Gasteiger partial charge on any atom is 0.351 e. The number of halogens is 1. The molecule has 21 heavy (non-hydrogen) atoms. The van der Waals surface area contributed by atoms with E-state index in [1.165, 1.54) is 26.1 Å². The largest absolute Gasteiger partial charge is 0.391 e. The number of aliphatic hydroxyl groups excluding tert-OH is 2. The van der Waals surface area contributed by atoms with E-state index < -0.39 is 35.9 Å². The molecule has 1 aliphatic rings. The van der Waals surface area contributed by atoms with Crippen LogP contribution in [0.2, 0.25) is 0 Å². The zero-order valence-corrected chi connectivity index (χ0v) is 11.5. The van der Waals surface area contributed by atoms with Gasteiger partial charge in [-0.15, -0.1) is 5.92 Å². The van der Waals surface area contributed by atoms with Gasteiger partial charge in [0.2, 0.25) is 5.67 Å². The van der Waals surface area contributed by atoms with Crippen LogP contribution in [0.15, 0.2) is 17.1 Å². The van der Waals surface area contributed by atoms with Crippen molar-refractivity contribution in [3.8, 4) is 11.8 Å². The third kappa shape index (κ3) is 2.51. The average molecular weight is 297 g/mol. The summed E-state index contributed by atoms with van der Waals surface area (Å²) in [7, 11) is 0. The highest BCUT2D eigenvalue weighted by Crippen LogP contribution is 2.41. The average Bonchev–Trinajstić information content (AvgIpc) is 2.64. The lowest BCUT2D eigenvalue weighted by Crippen LogP contribution is -2.45. The highest BCUT2D eigenvalue weighted by molar-refractivity contribution is 5.26. The molecule has 1 saturated heterocycles. The Hall–Kier alpha value is -1.95. The van der Waals surface area contributed by atoms with Gasteiger partial charge < -0.3 is 20.7 Å². The fourth-order valence-corrected chi connectivity index (χ4v) is 2.28. The summed E-state index contributed by atoms with van der Waals surface area (Å²) in [6, 6.07) is 1.30. The number of aromatic nitrogens is 2. The summed E-state index contributed by atoms with van der Waals surface area (Å²) in [5.41, 5.74) is 2.00. The Kier molecular flexibility index (Phi) is 4.00. The number of hydrogen-bond acceptors (Lipinski definition) is 6. The molecule has 1 fully saturated rings. The van der Waals surface area contributed by atoms with Gasteiger partial charge >= 0.3 is 5.69 Å². The van der Waals surface area contributed by atoms with Crippen LogP contribution in [-0.4, -0.2) is 43.7 Å². The van der Waals surface area contributed by atoms with Crippen molar-refractivity contribution < 1.29 is 19.3 Å². The maximum absolute atomic E-state index is 15.1. The molecule has 0 bridgehead atoms. The highest BCUT2D eigenvalue weighted by Gasteiger charge is 2.59. The van der Waals surface area contributed by atoms with Gasteiger partial charge in [0, 0.05) is 6.20 Å². The van der Waals surface area contributed by atoms with E-state index in [2.05, 4.69) is 16.8 Å². The standard InChI is InChI=1S/C13H16FN3O4/c1-3-5-13(14)10(19)9(7(2)18)21-11(13)17-6-4-8(15)16-12(17)20/h4,6-7,9-11,18-19H,1-2H3,(H2,15,16,20)/t7-,9-,10+,11-,13?/m1/s1. The quantitative estimate of drug-likeness (QED) is 0.616. The summed E-state index contributed by atoms with van der Waals surface area (Å²) < 4.78 is 21.2.